The molecule has 0 saturated carbocycles. The molecule has 1 unspecified atom stereocenters. The Morgan fingerprint density at radius 2 is 1.95 bits per heavy atom. The molecule has 0 fully saturated rings. The third kappa shape index (κ3) is 4.10. The Hall–Kier alpha value is -2.27. The number of ether oxygens (including phenoxy) is 1. The number of hydrogen-bond acceptors (Lipinski definition) is 3. The number of nitrogens with two attached hydrogens (primary N) is 1. The van der Waals surface area contributed by atoms with Crippen LogP contribution in [0.15, 0.2) is 42.5 Å². The lowest BCUT2D eigenvalue weighted by Gasteiger charge is -2.15. The van der Waals surface area contributed by atoms with Gasteiger partial charge in [-0.1, -0.05) is 11.6 Å². The predicted molar refractivity (Wildman–Crippen MR) is 81.0 cm³/mol. The normalized spacial score (nSPS) is 11.8. The Morgan fingerprint density at radius 1 is 1.29 bits per heavy atom. The summed E-state index contributed by atoms with van der Waals surface area (Å²) in [6.45, 7) is 1.61. The number of rotatable bonds is 4. The first kappa shape index (κ1) is 15.1. The minimum atomic E-state index is -0.725. The lowest BCUT2D eigenvalue weighted by Crippen LogP contribution is -2.30. The number of benzene rings is 2. The molecule has 3 N–H and O–H groups in total. The summed E-state index contributed by atoms with van der Waals surface area (Å²) in [5, 5.41) is 3.19. The van der Waals surface area contributed by atoms with Crippen LogP contribution in [0.5, 0.6) is 5.75 Å². The summed E-state index contributed by atoms with van der Waals surface area (Å²) in [5.41, 5.74) is 5.82. The van der Waals surface area contributed by atoms with Crippen LogP contribution in [-0.4, -0.2) is 12.0 Å². The zero-order valence-corrected chi connectivity index (χ0v) is 12.0. The zero-order valence-electron chi connectivity index (χ0n) is 11.3. The van der Waals surface area contributed by atoms with Crippen LogP contribution in [-0.2, 0) is 4.79 Å². The molecule has 1 amide bonds. The highest BCUT2D eigenvalue weighted by atomic mass is 35.5. The lowest BCUT2D eigenvalue weighted by atomic mass is 10.2. The van der Waals surface area contributed by atoms with E-state index in [2.05, 4.69) is 5.32 Å². The van der Waals surface area contributed by atoms with E-state index in [9.17, 15) is 9.18 Å². The molecule has 0 bridgehead atoms. The molecular weight excluding hydrogens is 295 g/mol. The first-order valence-electron chi connectivity index (χ1n) is 6.24. The maximum absolute atomic E-state index is 13.0. The summed E-state index contributed by atoms with van der Waals surface area (Å²) in [6.07, 6.45) is -0.725. The van der Waals surface area contributed by atoms with Gasteiger partial charge in [0.25, 0.3) is 5.91 Å². The minimum Gasteiger partial charge on any atom is -0.481 e. The molecule has 0 aliphatic rings. The lowest BCUT2D eigenvalue weighted by molar-refractivity contribution is -0.122. The average molecular weight is 309 g/mol. The summed E-state index contributed by atoms with van der Waals surface area (Å²) >= 11 is 5.77. The Kier molecular flexibility index (Phi) is 4.65. The van der Waals surface area contributed by atoms with Crippen molar-refractivity contribution in [3.8, 4) is 5.75 Å². The summed E-state index contributed by atoms with van der Waals surface area (Å²) in [7, 11) is 0. The SMILES string of the molecule is CC(Oc1ccc(Cl)cc1)C(=O)Nc1ccc(F)c(N)c1. The van der Waals surface area contributed by atoms with Gasteiger partial charge in [-0.2, -0.15) is 0 Å². The van der Waals surface area contributed by atoms with Gasteiger partial charge in [0.1, 0.15) is 11.6 Å². The van der Waals surface area contributed by atoms with Crippen molar-refractivity contribution >= 4 is 28.9 Å². The smallest absolute Gasteiger partial charge is 0.265 e. The summed E-state index contributed by atoms with van der Waals surface area (Å²) < 4.78 is 18.5. The van der Waals surface area contributed by atoms with Crippen LogP contribution in [0.2, 0.25) is 5.02 Å². The van der Waals surface area contributed by atoms with Crippen LogP contribution < -0.4 is 15.8 Å². The van der Waals surface area contributed by atoms with Crippen LogP contribution in [0.1, 0.15) is 6.92 Å². The molecule has 0 heterocycles. The first-order chi connectivity index (χ1) is 9.95. The van der Waals surface area contributed by atoms with Gasteiger partial charge in [-0.3, -0.25) is 4.79 Å². The average Bonchev–Trinajstić information content (AvgIpc) is 2.45. The maximum atomic E-state index is 13.0. The first-order valence-corrected chi connectivity index (χ1v) is 6.61. The van der Waals surface area contributed by atoms with Gasteiger partial charge >= 0.3 is 0 Å². The highest BCUT2D eigenvalue weighted by molar-refractivity contribution is 6.30. The van der Waals surface area contributed by atoms with Crippen molar-refractivity contribution in [1.82, 2.24) is 0 Å². The van der Waals surface area contributed by atoms with Crippen molar-refractivity contribution in [1.29, 1.82) is 0 Å². The van der Waals surface area contributed by atoms with E-state index in [0.29, 0.717) is 16.5 Å². The molecular formula is C15H14ClFN2O2. The topological polar surface area (TPSA) is 64.3 Å². The number of amides is 1. The fourth-order valence-electron chi connectivity index (χ4n) is 1.64. The van der Waals surface area contributed by atoms with Gasteiger partial charge in [0.05, 0.1) is 5.69 Å². The number of carbonyl (C=O) groups is 1. The number of carbonyl (C=O) groups excluding carboxylic acids is 1. The fraction of sp³-hybridized carbons (Fsp3) is 0.133. The van der Waals surface area contributed by atoms with Gasteiger partial charge in [0, 0.05) is 10.7 Å². The molecule has 21 heavy (non-hydrogen) atoms. The number of anilines is 2. The van der Waals surface area contributed by atoms with Crippen LogP contribution in [0, 0.1) is 5.82 Å². The highest BCUT2D eigenvalue weighted by Crippen LogP contribution is 2.19. The second-order valence-electron chi connectivity index (χ2n) is 4.44. The maximum Gasteiger partial charge on any atom is 0.265 e. The number of nitrogens with one attached hydrogen (secondary N) is 1. The zero-order chi connectivity index (χ0) is 15.4. The molecule has 1 atom stereocenters. The second-order valence-corrected chi connectivity index (χ2v) is 4.88. The van der Waals surface area contributed by atoms with Gasteiger partial charge in [-0.25, -0.2) is 4.39 Å². The Balaban J connectivity index is 1.98. The molecule has 4 nitrogen and oxygen atoms in total. The molecule has 110 valence electrons. The number of halogens is 2. The molecule has 0 aliphatic carbocycles. The van der Waals surface area contributed by atoms with Crippen LogP contribution in [0.4, 0.5) is 15.8 Å². The Labute approximate surface area is 126 Å². The predicted octanol–water partition coefficient (Wildman–Crippen LogP) is 3.47. The van der Waals surface area contributed by atoms with Crippen molar-refractivity contribution < 1.29 is 13.9 Å². The van der Waals surface area contributed by atoms with Gasteiger partial charge in [-0.15, -0.1) is 0 Å². The standard InChI is InChI=1S/C15H14ClFN2O2/c1-9(21-12-5-2-10(16)3-6-12)15(20)19-11-4-7-13(17)14(18)8-11/h2-9H,18H2,1H3,(H,19,20). The van der Waals surface area contributed by atoms with Crippen molar-refractivity contribution in [3.63, 3.8) is 0 Å². The monoisotopic (exact) mass is 308 g/mol. The van der Waals surface area contributed by atoms with E-state index >= 15 is 0 Å². The molecule has 2 aromatic carbocycles. The van der Waals surface area contributed by atoms with Crippen LogP contribution >= 0.6 is 11.6 Å². The van der Waals surface area contributed by atoms with Crippen LogP contribution in [0.25, 0.3) is 0 Å². The van der Waals surface area contributed by atoms with Crippen LogP contribution in [0.3, 0.4) is 0 Å². The van der Waals surface area contributed by atoms with Crippen molar-refractivity contribution in [2.75, 3.05) is 11.1 Å². The summed E-state index contributed by atoms with van der Waals surface area (Å²) in [4.78, 5) is 12.0. The van der Waals surface area contributed by atoms with E-state index in [4.69, 9.17) is 22.1 Å². The van der Waals surface area contributed by atoms with Gasteiger partial charge in [0.2, 0.25) is 0 Å². The molecule has 0 spiro atoms. The molecule has 2 aromatic rings. The molecule has 0 saturated heterocycles. The number of nitrogen functional groups attached to an aromatic ring is 1. The van der Waals surface area contributed by atoms with Gasteiger partial charge < -0.3 is 15.8 Å². The molecule has 0 aliphatic heterocycles. The number of hydrogen-bond donors (Lipinski definition) is 2. The Bertz CT molecular complexity index is 647. The third-order valence-electron chi connectivity index (χ3n) is 2.76. The quantitative estimate of drug-likeness (QED) is 0.850. The van der Waals surface area contributed by atoms with E-state index in [1.54, 1.807) is 31.2 Å². The minimum absolute atomic E-state index is 0.0286. The molecule has 2 rings (SSSR count). The van der Waals surface area contributed by atoms with E-state index in [1.807, 2.05) is 0 Å². The van der Waals surface area contributed by atoms with E-state index in [0.717, 1.165) is 0 Å². The van der Waals surface area contributed by atoms with Crippen molar-refractivity contribution in [2.45, 2.75) is 13.0 Å². The second kappa shape index (κ2) is 6.45. The third-order valence-corrected chi connectivity index (χ3v) is 3.01. The molecule has 0 radical (unpaired) electrons. The highest BCUT2D eigenvalue weighted by Gasteiger charge is 2.15. The molecule has 0 aromatic heterocycles. The summed E-state index contributed by atoms with van der Waals surface area (Å²) in [6, 6.07) is 10.6. The van der Waals surface area contributed by atoms with Crippen molar-refractivity contribution in [3.05, 3.63) is 53.3 Å². The van der Waals surface area contributed by atoms with Crippen molar-refractivity contribution in [2.24, 2.45) is 0 Å². The molecule has 6 heteroatoms. The van der Waals surface area contributed by atoms with Gasteiger partial charge in [0.15, 0.2) is 6.10 Å². The van der Waals surface area contributed by atoms with E-state index < -0.39 is 11.9 Å². The van der Waals surface area contributed by atoms with E-state index in [1.165, 1.54) is 18.2 Å². The largest absolute Gasteiger partial charge is 0.481 e. The van der Waals surface area contributed by atoms with Gasteiger partial charge in [-0.05, 0) is 49.4 Å². The van der Waals surface area contributed by atoms with E-state index in [-0.39, 0.29) is 11.6 Å². The summed E-state index contributed by atoms with van der Waals surface area (Å²) in [5.74, 6) is -0.366. The fourth-order valence-corrected chi connectivity index (χ4v) is 1.76. The Morgan fingerprint density at radius 3 is 2.57 bits per heavy atom.